The summed E-state index contributed by atoms with van der Waals surface area (Å²) >= 11 is 0. The second kappa shape index (κ2) is 13.5. The molecule has 35 heavy (non-hydrogen) atoms. The Kier molecular flexibility index (Phi) is 12.7. The maximum absolute atomic E-state index is 12.0. The molecule has 0 aliphatic carbocycles. The molecule has 0 saturated carbocycles. The molecule has 2 aromatic rings. The minimum absolute atomic E-state index is 0. The van der Waals surface area contributed by atoms with Crippen LogP contribution in [-0.2, 0) is 36.3 Å². The van der Waals surface area contributed by atoms with Crippen molar-refractivity contribution >= 4 is 41.3 Å². The van der Waals surface area contributed by atoms with Gasteiger partial charge in [-0.25, -0.2) is 23.8 Å². The maximum atomic E-state index is 12.0. The zero-order chi connectivity index (χ0) is 24.4. The molecule has 6 atom stereocenters. The Morgan fingerprint density at radius 3 is 2.51 bits per heavy atom. The van der Waals surface area contributed by atoms with Crippen LogP contribution >= 0.6 is 24.3 Å². The average molecular weight is 541 g/mol. The fraction of sp³-hybridized carbons (Fsp3) is 0.643. The molecule has 0 bridgehead atoms. The summed E-state index contributed by atoms with van der Waals surface area (Å²) in [5.74, 6) is -0.139. The van der Waals surface area contributed by atoms with Gasteiger partial charge >= 0.3 is 46.4 Å². The van der Waals surface area contributed by atoms with E-state index < -0.39 is 55.5 Å². The molecule has 1 saturated heterocycles. The number of rotatable bonds is 11. The number of nitrogen functional groups attached to an aromatic ring is 1. The Bertz CT molecular complexity index is 1100. The van der Waals surface area contributed by atoms with Crippen LogP contribution < -0.4 is 53.2 Å². The minimum atomic E-state index is -5.42. The van der Waals surface area contributed by atoms with Crippen LogP contribution in [0.1, 0.15) is 20.1 Å². The van der Waals surface area contributed by atoms with Gasteiger partial charge in [0.05, 0.1) is 19.5 Å². The van der Waals surface area contributed by atoms with Crippen molar-refractivity contribution in [1.29, 1.82) is 0 Å². The number of hydrogen-bond donors (Lipinski definition) is 2. The Labute approximate surface area is 225 Å². The summed E-state index contributed by atoms with van der Waals surface area (Å²) in [6, 6.07) is 0. The fourth-order valence-corrected chi connectivity index (χ4v) is 5.42. The Balaban J connectivity index is 0.00000306. The molecule has 1 aliphatic heterocycles. The van der Waals surface area contributed by atoms with E-state index in [4.69, 9.17) is 15.0 Å². The van der Waals surface area contributed by atoms with Crippen molar-refractivity contribution in [2.75, 3.05) is 18.9 Å². The second-order valence-corrected chi connectivity index (χ2v) is 10.6. The van der Waals surface area contributed by atoms with Gasteiger partial charge in [0.1, 0.15) is 30.2 Å². The van der Waals surface area contributed by atoms with Gasteiger partial charge in [-0.3, -0.25) is 18.2 Å². The normalized spacial score (nSPS) is 25.7. The van der Waals surface area contributed by atoms with Gasteiger partial charge < -0.3 is 34.4 Å². The van der Waals surface area contributed by atoms with E-state index in [9.17, 15) is 28.6 Å². The Hall–Kier alpha value is -0.215. The molecular weight excluding hydrogens is 521 g/mol. The van der Waals surface area contributed by atoms with Crippen LogP contribution in [0, 0.1) is 5.92 Å². The minimum Gasteiger partial charge on any atom is -0.756 e. The van der Waals surface area contributed by atoms with E-state index in [1.807, 2.05) is 0 Å². The van der Waals surface area contributed by atoms with Gasteiger partial charge in [0.25, 0.3) is 15.6 Å². The number of hydrogen-bond acceptors (Lipinski definition) is 15. The quantitative estimate of drug-likeness (QED) is 0.199. The SMILES string of the molecule is CC(C)COP(=O)([O-])OP(=O)([O-])OC[C@H]1O[C@@H](n2cnc3c(N)ncnc32)[C@H](O)[C@@H]1OP=O.[Li+].[Li+]. The number of phosphoric ester groups is 2. The van der Waals surface area contributed by atoms with Gasteiger partial charge in [0.15, 0.2) is 17.7 Å². The third-order valence-electron chi connectivity index (χ3n) is 4.30. The van der Waals surface area contributed by atoms with Crippen molar-refractivity contribution in [2.24, 2.45) is 5.92 Å². The summed E-state index contributed by atoms with van der Waals surface area (Å²) in [7, 11) is -11.5. The van der Waals surface area contributed by atoms with Crippen LogP contribution in [-0.4, -0.2) is 56.2 Å². The van der Waals surface area contributed by atoms with Crippen molar-refractivity contribution in [1.82, 2.24) is 19.5 Å². The van der Waals surface area contributed by atoms with E-state index in [0.717, 1.165) is 6.33 Å². The van der Waals surface area contributed by atoms with Crippen molar-refractivity contribution in [3.05, 3.63) is 12.7 Å². The first-order valence-corrected chi connectivity index (χ1v) is 13.0. The van der Waals surface area contributed by atoms with E-state index in [2.05, 4.69) is 28.3 Å². The molecule has 2 unspecified atom stereocenters. The van der Waals surface area contributed by atoms with Gasteiger partial charge in [0, 0.05) is 0 Å². The first kappa shape index (κ1) is 32.8. The van der Waals surface area contributed by atoms with E-state index >= 15 is 0 Å². The largest absolute Gasteiger partial charge is 1.00 e. The fourth-order valence-electron chi connectivity index (χ4n) is 2.89. The summed E-state index contributed by atoms with van der Waals surface area (Å²) in [5.41, 5.74) is 6.15. The molecule has 1 fully saturated rings. The van der Waals surface area contributed by atoms with E-state index in [0.29, 0.717) is 0 Å². The van der Waals surface area contributed by atoms with Gasteiger partial charge in [-0.15, -0.1) is 0 Å². The first-order valence-electron chi connectivity index (χ1n) is 9.31. The van der Waals surface area contributed by atoms with Crippen LogP contribution in [0.3, 0.4) is 0 Å². The molecule has 0 aromatic carbocycles. The number of phosphoric acid groups is 2. The van der Waals surface area contributed by atoms with Crippen LogP contribution in [0.25, 0.3) is 11.2 Å². The zero-order valence-electron chi connectivity index (χ0n) is 19.2. The van der Waals surface area contributed by atoms with E-state index in [1.54, 1.807) is 13.8 Å². The Morgan fingerprint density at radius 2 is 1.89 bits per heavy atom. The molecule has 3 N–H and O–H groups in total. The number of anilines is 1. The predicted octanol–water partition coefficient (Wildman–Crippen LogP) is -6.09. The number of nitrogens with zero attached hydrogens (tertiary/aromatic N) is 4. The monoisotopic (exact) mass is 541 g/mol. The molecule has 0 amide bonds. The second-order valence-electron chi connectivity index (χ2n) is 7.24. The number of ether oxygens (including phenoxy) is 1. The molecule has 16 nitrogen and oxygen atoms in total. The van der Waals surface area contributed by atoms with Crippen molar-refractivity contribution < 1.29 is 88.9 Å². The smallest absolute Gasteiger partial charge is 0.756 e. The topological polar surface area (TPSA) is 233 Å². The molecule has 0 spiro atoms. The molecular formula is C14H20Li2N5O11P3. The molecule has 21 heteroatoms. The number of fused-ring (bicyclic) bond motifs is 1. The zero-order valence-corrected chi connectivity index (χ0v) is 21.9. The van der Waals surface area contributed by atoms with Crippen LogP contribution in [0.2, 0.25) is 0 Å². The van der Waals surface area contributed by atoms with Gasteiger partial charge in [-0.05, 0) is 5.92 Å². The van der Waals surface area contributed by atoms with Crippen molar-refractivity contribution in [3.8, 4) is 0 Å². The third kappa shape index (κ3) is 8.39. The molecule has 3 heterocycles. The number of nitrogens with two attached hydrogens (primary N) is 1. The summed E-state index contributed by atoms with van der Waals surface area (Å²) < 4.78 is 59.5. The molecule has 184 valence electrons. The third-order valence-corrected chi connectivity index (χ3v) is 7.16. The number of aromatic nitrogens is 4. The number of imidazole rings is 1. The summed E-state index contributed by atoms with van der Waals surface area (Å²) in [5, 5.41) is 10.6. The molecule has 3 rings (SSSR count). The van der Waals surface area contributed by atoms with Crippen LogP contribution in [0.15, 0.2) is 12.7 Å². The van der Waals surface area contributed by atoms with Crippen LogP contribution in [0.5, 0.6) is 0 Å². The summed E-state index contributed by atoms with van der Waals surface area (Å²) in [4.78, 5) is 35.5. The van der Waals surface area contributed by atoms with E-state index in [-0.39, 0.29) is 67.2 Å². The molecule has 2 aromatic heterocycles. The van der Waals surface area contributed by atoms with E-state index in [1.165, 1.54) is 10.9 Å². The molecule has 1 aliphatic rings. The standard InChI is InChI=1S/C14H22N5O11P3.2Li/c1-7(2)3-26-32(22,23)30-33(24,25)27-4-8-11(29-31-21)10(20)14(28-8)19-6-18-9-12(15)16-5-17-13(9)19;;/h5-8,10-11,14,20H,3-4H2,1-2H3,(H,22,23)(H,24,25)(H2,15,16,17);;/q;2*+1/p-2/t8-,10-,11-,14-;;/m1../s1. The maximum Gasteiger partial charge on any atom is 1.00 e. The summed E-state index contributed by atoms with van der Waals surface area (Å²) in [6.07, 6.45) is -2.97. The number of aliphatic hydroxyl groups is 1. The number of aliphatic hydroxyl groups excluding tert-OH is 1. The first-order chi connectivity index (χ1) is 15.4. The van der Waals surface area contributed by atoms with Crippen LogP contribution in [0.4, 0.5) is 5.82 Å². The van der Waals surface area contributed by atoms with Crippen molar-refractivity contribution in [2.45, 2.75) is 38.4 Å². The van der Waals surface area contributed by atoms with Gasteiger partial charge in [-0.2, -0.15) is 0 Å². The van der Waals surface area contributed by atoms with Crippen molar-refractivity contribution in [3.63, 3.8) is 0 Å². The molecule has 0 radical (unpaired) electrons. The van der Waals surface area contributed by atoms with Gasteiger partial charge in [-0.1, -0.05) is 13.8 Å². The predicted molar refractivity (Wildman–Crippen MR) is 105 cm³/mol. The Morgan fingerprint density at radius 1 is 1.23 bits per heavy atom. The average Bonchev–Trinajstić information content (AvgIpc) is 3.27. The van der Waals surface area contributed by atoms with Gasteiger partial charge in [0.2, 0.25) is 0 Å². The summed E-state index contributed by atoms with van der Waals surface area (Å²) in [6.45, 7) is 2.14.